The van der Waals surface area contributed by atoms with E-state index in [1.54, 1.807) is 0 Å². The Kier molecular flexibility index (Phi) is 5.89. The van der Waals surface area contributed by atoms with Gasteiger partial charge in [-0.1, -0.05) is 18.2 Å². The minimum absolute atomic E-state index is 0.00363. The highest BCUT2D eigenvalue weighted by Gasteiger charge is 2.29. The van der Waals surface area contributed by atoms with Gasteiger partial charge in [-0.3, -0.25) is 4.79 Å². The number of amides is 1. The second-order valence-corrected chi connectivity index (χ2v) is 7.30. The summed E-state index contributed by atoms with van der Waals surface area (Å²) in [6.07, 6.45) is 0.349. The standard InChI is InChI=1S/C22H28N2O3/c1-15(2)26-21-7-5-6-19(12-21)24-13-22(14-24)27-20-10-8-18(9-11-20)16(3)23-17(4)25/h5-12,15-16,22H,13-14H2,1-4H3,(H,23,25)/t16-/m0/s1. The van der Waals surface area contributed by atoms with Crippen molar-refractivity contribution in [3.8, 4) is 11.5 Å². The summed E-state index contributed by atoms with van der Waals surface area (Å²) >= 11 is 0. The molecule has 0 bridgehead atoms. The molecule has 27 heavy (non-hydrogen) atoms. The van der Waals surface area contributed by atoms with Gasteiger partial charge in [0.05, 0.1) is 25.2 Å². The molecule has 0 unspecified atom stereocenters. The molecule has 0 aromatic heterocycles. The van der Waals surface area contributed by atoms with E-state index in [1.807, 2.05) is 57.2 Å². The lowest BCUT2D eigenvalue weighted by molar-refractivity contribution is -0.119. The van der Waals surface area contributed by atoms with E-state index in [2.05, 4.69) is 22.3 Å². The van der Waals surface area contributed by atoms with E-state index in [-0.39, 0.29) is 24.2 Å². The van der Waals surface area contributed by atoms with E-state index in [0.29, 0.717) is 0 Å². The minimum Gasteiger partial charge on any atom is -0.491 e. The van der Waals surface area contributed by atoms with Crippen molar-refractivity contribution in [2.75, 3.05) is 18.0 Å². The summed E-state index contributed by atoms with van der Waals surface area (Å²) in [5.74, 6) is 1.73. The highest BCUT2D eigenvalue weighted by atomic mass is 16.5. The Morgan fingerprint density at radius 2 is 1.78 bits per heavy atom. The third kappa shape index (κ3) is 5.16. The number of hydrogen-bond donors (Lipinski definition) is 1. The van der Waals surface area contributed by atoms with Gasteiger partial charge in [0, 0.05) is 18.7 Å². The SMILES string of the molecule is CC(=O)N[C@@H](C)c1ccc(OC2CN(c3cccc(OC(C)C)c3)C2)cc1. The van der Waals surface area contributed by atoms with Crippen LogP contribution in [0, 0.1) is 0 Å². The predicted octanol–water partition coefficient (Wildman–Crippen LogP) is 3.94. The highest BCUT2D eigenvalue weighted by Crippen LogP contribution is 2.28. The van der Waals surface area contributed by atoms with Crippen molar-refractivity contribution in [2.45, 2.75) is 45.9 Å². The first kappa shape index (κ1) is 19.1. The number of nitrogens with zero attached hydrogens (tertiary/aromatic N) is 1. The number of nitrogens with one attached hydrogen (secondary N) is 1. The van der Waals surface area contributed by atoms with Crippen LogP contribution in [0.2, 0.25) is 0 Å². The summed E-state index contributed by atoms with van der Waals surface area (Å²) in [4.78, 5) is 13.4. The van der Waals surface area contributed by atoms with Gasteiger partial charge in [0.2, 0.25) is 5.91 Å². The Morgan fingerprint density at radius 3 is 2.41 bits per heavy atom. The fraction of sp³-hybridized carbons (Fsp3) is 0.409. The molecule has 1 aliphatic heterocycles. The van der Waals surface area contributed by atoms with E-state index in [4.69, 9.17) is 9.47 Å². The van der Waals surface area contributed by atoms with E-state index in [9.17, 15) is 4.79 Å². The van der Waals surface area contributed by atoms with Gasteiger partial charge in [-0.2, -0.15) is 0 Å². The van der Waals surface area contributed by atoms with Gasteiger partial charge >= 0.3 is 0 Å². The van der Waals surface area contributed by atoms with Crippen molar-refractivity contribution < 1.29 is 14.3 Å². The van der Waals surface area contributed by atoms with Crippen molar-refractivity contribution in [3.63, 3.8) is 0 Å². The zero-order valence-corrected chi connectivity index (χ0v) is 16.4. The average Bonchev–Trinajstić information content (AvgIpc) is 2.57. The van der Waals surface area contributed by atoms with Gasteiger partial charge in [-0.15, -0.1) is 0 Å². The number of rotatable bonds is 7. The number of carbonyl (C=O) groups is 1. The molecule has 0 aliphatic carbocycles. The van der Waals surface area contributed by atoms with Crippen molar-refractivity contribution in [2.24, 2.45) is 0 Å². The van der Waals surface area contributed by atoms with Crippen LogP contribution in [0.5, 0.6) is 11.5 Å². The van der Waals surface area contributed by atoms with Gasteiger partial charge in [0.1, 0.15) is 17.6 Å². The smallest absolute Gasteiger partial charge is 0.217 e. The Hall–Kier alpha value is -2.69. The van der Waals surface area contributed by atoms with Crippen LogP contribution in [-0.4, -0.2) is 31.2 Å². The second kappa shape index (κ2) is 8.33. The zero-order chi connectivity index (χ0) is 19.4. The molecular weight excluding hydrogens is 340 g/mol. The molecule has 0 saturated carbocycles. The first-order valence-electron chi connectivity index (χ1n) is 9.46. The Labute approximate surface area is 161 Å². The summed E-state index contributed by atoms with van der Waals surface area (Å²) in [6.45, 7) is 9.27. The summed E-state index contributed by atoms with van der Waals surface area (Å²) in [5, 5.41) is 2.89. The number of benzene rings is 2. The molecule has 1 atom stereocenters. The average molecular weight is 368 g/mol. The van der Waals surface area contributed by atoms with E-state index in [1.165, 1.54) is 6.92 Å². The number of carbonyl (C=O) groups excluding carboxylic acids is 1. The van der Waals surface area contributed by atoms with Crippen LogP contribution in [0.1, 0.15) is 39.3 Å². The molecule has 3 rings (SSSR count). The Bertz CT molecular complexity index is 767. The normalized spacial score (nSPS) is 15.2. The first-order valence-corrected chi connectivity index (χ1v) is 9.46. The van der Waals surface area contributed by atoms with Crippen LogP contribution in [0.15, 0.2) is 48.5 Å². The Balaban J connectivity index is 1.51. The first-order chi connectivity index (χ1) is 12.9. The van der Waals surface area contributed by atoms with E-state index < -0.39 is 0 Å². The maximum absolute atomic E-state index is 11.2. The third-order valence-electron chi connectivity index (χ3n) is 4.51. The van der Waals surface area contributed by atoms with Gasteiger partial charge in [-0.25, -0.2) is 0 Å². The van der Waals surface area contributed by atoms with Crippen LogP contribution in [-0.2, 0) is 4.79 Å². The van der Waals surface area contributed by atoms with Gasteiger partial charge < -0.3 is 19.7 Å². The highest BCUT2D eigenvalue weighted by molar-refractivity contribution is 5.73. The molecule has 5 heteroatoms. The topological polar surface area (TPSA) is 50.8 Å². The lowest BCUT2D eigenvalue weighted by Gasteiger charge is -2.40. The van der Waals surface area contributed by atoms with Crippen LogP contribution in [0.4, 0.5) is 5.69 Å². The molecule has 1 aliphatic rings. The zero-order valence-electron chi connectivity index (χ0n) is 16.4. The number of anilines is 1. The van der Waals surface area contributed by atoms with Gasteiger partial charge in [0.25, 0.3) is 0 Å². The van der Waals surface area contributed by atoms with Gasteiger partial charge in [-0.05, 0) is 50.6 Å². The van der Waals surface area contributed by atoms with E-state index in [0.717, 1.165) is 35.8 Å². The lowest BCUT2D eigenvalue weighted by atomic mass is 10.1. The number of hydrogen-bond acceptors (Lipinski definition) is 4. The van der Waals surface area contributed by atoms with Crippen LogP contribution in [0.25, 0.3) is 0 Å². The monoisotopic (exact) mass is 368 g/mol. The predicted molar refractivity (Wildman–Crippen MR) is 108 cm³/mol. The largest absolute Gasteiger partial charge is 0.491 e. The molecule has 2 aromatic rings. The molecule has 0 radical (unpaired) electrons. The molecule has 2 aromatic carbocycles. The summed E-state index contributed by atoms with van der Waals surface area (Å²) in [5.41, 5.74) is 2.22. The van der Waals surface area contributed by atoms with Crippen LogP contribution >= 0.6 is 0 Å². The fourth-order valence-electron chi connectivity index (χ4n) is 3.16. The fourth-order valence-corrected chi connectivity index (χ4v) is 3.16. The molecule has 1 heterocycles. The van der Waals surface area contributed by atoms with Crippen molar-refractivity contribution >= 4 is 11.6 Å². The lowest BCUT2D eigenvalue weighted by Crippen LogP contribution is -2.54. The van der Waals surface area contributed by atoms with Crippen molar-refractivity contribution in [1.82, 2.24) is 5.32 Å². The molecular formula is C22H28N2O3. The van der Waals surface area contributed by atoms with Crippen molar-refractivity contribution in [3.05, 3.63) is 54.1 Å². The summed E-state index contributed by atoms with van der Waals surface area (Å²) in [7, 11) is 0. The number of ether oxygens (including phenoxy) is 2. The second-order valence-electron chi connectivity index (χ2n) is 7.30. The Morgan fingerprint density at radius 1 is 1.07 bits per heavy atom. The summed E-state index contributed by atoms with van der Waals surface area (Å²) in [6, 6.07) is 16.1. The maximum Gasteiger partial charge on any atom is 0.217 e. The maximum atomic E-state index is 11.2. The molecule has 1 N–H and O–H groups in total. The molecule has 144 valence electrons. The molecule has 5 nitrogen and oxygen atoms in total. The van der Waals surface area contributed by atoms with Crippen molar-refractivity contribution in [1.29, 1.82) is 0 Å². The van der Waals surface area contributed by atoms with Crippen LogP contribution in [0.3, 0.4) is 0 Å². The summed E-state index contributed by atoms with van der Waals surface area (Å²) < 4.78 is 11.8. The van der Waals surface area contributed by atoms with Gasteiger partial charge in [0.15, 0.2) is 0 Å². The quantitative estimate of drug-likeness (QED) is 0.804. The molecule has 1 fully saturated rings. The molecule has 1 saturated heterocycles. The minimum atomic E-state index is -0.0275. The molecule has 1 amide bonds. The van der Waals surface area contributed by atoms with Crippen LogP contribution < -0.4 is 19.7 Å². The third-order valence-corrected chi connectivity index (χ3v) is 4.51. The van der Waals surface area contributed by atoms with E-state index >= 15 is 0 Å². The molecule has 0 spiro atoms.